The fourth-order valence-corrected chi connectivity index (χ4v) is 2.67. The second-order valence-electron chi connectivity index (χ2n) is 5.66. The fourth-order valence-electron chi connectivity index (χ4n) is 2.67. The maximum absolute atomic E-state index is 13.6. The van der Waals surface area contributed by atoms with Gasteiger partial charge in [0.25, 0.3) is 0 Å². The molecule has 0 aliphatic heterocycles. The van der Waals surface area contributed by atoms with Gasteiger partial charge in [-0.15, -0.1) is 0 Å². The maximum Gasteiger partial charge on any atom is 0.126 e. The van der Waals surface area contributed by atoms with Gasteiger partial charge in [-0.1, -0.05) is 31.5 Å². The van der Waals surface area contributed by atoms with Crippen LogP contribution in [0.2, 0.25) is 0 Å². The van der Waals surface area contributed by atoms with Gasteiger partial charge in [-0.3, -0.25) is 0 Å². The molecule has 1 N–H and O–H groups in total. The SMILES string of the molecule is CCCCOCCCNC1CC(c2ccccc2F)C1. The van der Waals surface area contributed by atoms with Crippen LogP contribution in [-0.4, -0.2) is 25.8 Å². The Morgan fingerprint density at radius 1 is 1.20 bits per heavy atom. The minimum atomic E-state index is -0.0553. The van der Waals surface area contributed by atoms with E-state index < -0.39 is 0 Å². The van der Waals surface area contributed by atoms with Crippen LogP contribution in [0.15, 0.2) is 24.3 Å². The van der Waals surface area contributed by atoms with Crippen LogP contribution < -0.4 is 5.32 Å². The Hall–Kier alpha value is -0.930. The molecule has 1 saturated carbocycles. The molecule has 0 aromatic heterocycles. The third-order valence-corrected chi connectivity index (χ3v) is 4.02. The van der Waals surface area contributed by atoms with E-state index in [1.54, 1.807) is 12.1 Å². The first-order chi connectivity index (χ1) is 9.81. The van der Waals surface area contributed by atoms with E-state index in [4.69, 9.17) is 4.74 Å². The van der Waals surface area contributed by atoms with Crippen molar-refractivity contribution >= 4 is 0 Å². The lowest BCUT2D eigenvalue weighted by molar-refractivity contribution is 0.126. The number of hydrogen-bond donors (Lipinski definition) is 1. The highest BCUT2D eigenvalue weighted by Crippen LogP contribution is 2.37. The minimum Gasteiger partial charge on any atom is -0.381 e. The second kappa shape index (κ2) is 8.38. The van der Waals surface area contributed by atoms with E-state index in [2.05, 4.69) is 12.2 Å². The summed E-state index contributed by atoms with van der Waals surface area (Å²) in [4.78, 5) is 0. The summed E-state index contributed by atoms with van der Waals surface area (Å²) in [6.45, 7) is 4.90. The molecule has 1 aromatic carbocycles. The van der Waals surface area contributed by atoms with E-state index in [0.29, 0.717) is 12.0 Å². The number of halogens is 1. The van der Waals surface area contributed by atoms with Gasteiger partial charge in [-0.25, -0.2) is 4.39 Å². The van der Waals surface area contributed by atoms with Crippen LogP contribution in [0.5, 0.6) is 0 Å². The van der Waals surface area contributed by atoms with Crippen molar-refractivity contribution in [2.45, 2.75) is 51.0 Å². The molecule has 0 unspecified atom stereocenters. The largest absolute Gasteiger partial charge is 0.381 e. The van der Waals surface area contributed by atoms with Crippen molar-refractivity contribution in [1.82, 2.24) is 5.32 Å². The monoisotopic (exact) mass is 279 g/mol. The van der Waals surface area contributed by atoms with Crippen LogP contribution >= 0.6 is 0 Å². The molecule has 0 heterocycles. The zero-order chi connectivity index (χ0) is 14.2. The highest BCUT2D eigenvalue weighted by molar-refractivity contribution is 5.24. The quantitative estimate of drug-likeness (QED) is 0.693. The topological polar surface area (TPSA) is 21.3 Å². The predicted octanol–water partition coefficient (Wildman–Crippen LogP) is 3.87. The normalized spacial score (nSPS) is 21.7. The molecule has 1 fully saturated rings. The lowest BCUT2D eigenvalue weighted by Crippen LogP contribution is -2.40. The molecule has 1 aliphatic rings. The number of nitrogens with one attached hydrogen (secondary N) is 1. The number of rotatable bonds is 9. The van der Waals surface area contributed by atoms with Gasteiger partial charge < -0.3 is 10.1 Å². The van der Waals surface area contributed by atoms with Crippen LogP contribution in [0.1, 0.15) is 50.5 Å². The summed E-state index contributed by atoms with van der Waals surface area (Å²) in [5, 5.41) is 3.53. The molecule has 0 bridgehead atoms. The minimum absolute atomic E-state index is 0.0553. The second-order valence-corrected chi connectivity index (χ2v) is 5.66. The molecule has 2 nitrogen and oxygen atoms in total. The van der Waals surface area contributed by atoms with Crippen molar-refractivity contribution in [2.75, 3.05) is 19.8 Å². The summed E-state index contributed by atoms with van der Waals surface area (Å²) < 4.78 is 19.1. The van der Waals surface area contributed by atoms with Crippen LogP contribution in [0.4, 0.5) is 4.39 Å². The van der Waals surface area contributed by atoms with Crippen molar-refractivity contribution in [3.05, 3.63) is 35.6 Å². The van der Waals surface area contributed by atoms with Crippen LogP contribution in [0.3, 0.4) is 0 Å². The Morgan fingerprint density at radius 2 is 1.95 bits per heavy atom. The Labute approximate surface area is 121 Å². The van der Waals surface area contributed by atoms with Crippen LogP contribution in [-0.2, 0) is 4.74 Å². The van der Waals surface area contributed by atoms with E-state index in [9.17, 15) is 4.39 Å². The molecule has 0 atom stereocenters. The molecule has 112 valence electrons. The number of benzene rings is 1. The average molecular weight is 279 g/mol. The average Bonchev–Trinajstić information content (AvgIpc) is 2.41. The highest BCUT2D eigenvalue weighted by atomic mass is 19.1. The molecule has 3 heteroatoms. The third-order valence-electron chi connectivity index (χ3n) is 4.02. The van der Waals surface area contributed by atoms with Gasteiger partial charge in [0.1, 0.15) is 5.82 Å². The molecular weight excluding hydrogens is 253 g/mol. The van der Waals surface area contributed by atoms with Crippen molar-refractivity contribution in [1.29, 1.82) is 0 Å². The molecule has 2 rings (SSSR count). The molecular formula is C17H26FNO. The van der Waals surface area contributed by atoms with E-state index in [-0.39, 0.29) is 5.82 Å². The fraction of sp³-hybridized carbons (Fsp3) is 0.647. The summed E-state index contributed by atoms with van der Waals surface area (Å²) in [7, 11) is 0. The number of hydrogen-bond acceptors (Lipinski definition) is 2. The molecule has 20 heavy (non-hydrogen) atoms. The summed E-state index contributed by atoms with van der Waals surface area (Å²) in [6.07, 6.45) is 5.51. The Kier molecular flexibility index (Phi) is 6.48. The van der Waals surface area contributed by atoms with Crippen molar-refractivity contribution in [3.63, 3.8) is 0 Å². The molecule has 0 spiro atoms. The maximum atomic E-state index is 13.6. The summed E-state index contributed by atoms with van der Waals surface area (Å²) >= 11 is 0. The number of ether oxygens (including phenoxy) is 1. The molecule has 1 aromatic rings. The van der Waals surface area contributed by atoms with Gasteiger partial charge in [0.2, 0.25) is 0 Å². The van der Waals surface area contributed by atoms with E-state index >= 15 is 0 Å². The van der Waals surface area contributed by atoms with Gasteiger partial charge in [-0.2, -0.15) is 0 Å². The first kappa shape index (κ1) is 15.5. The zero-order valence-electron chi connectivity index (χ0n) is 12.4. The lowest BCUT2D eigenvalue weighted by atomic mass is 9.75. The summed E-state index contributed by atoms with van der Waals surface area (Å²) in [6, 6.07) is 7.70. The standard InChI is InChI=1S/C17H26FNO/c1-2-3-10-20-11-6-9-19-15-12-14(13-15)16-7-4-5-8-17(16)18/h4-5,7-8,14-15,19H,2-3,6,9-13H2,1H3. The predicted molar refractivity (Wildman–Crippen MR) is 80.5 cm³/mol. The molecule has 0 radical (unpaired) electrons. The number of unbranched alkanes of at least 4 members (excludes halogenated alkanes) is 1. The van der Waals surface area contributed by atoms with E-state index in [0.717, 1.165) is 51.0 Å². The van der Waals surface area contributed by atoms with Gasteiger partial charge in [-0.05, 0) is 49.8 Å². The first-order valence-corrected chi connectivity index (χ1v) is 7.86. The Morgan fingerprint density at radius 3 is 2.70 bits per heavy atom. The van der Waals surface area contributed by atoms with Gasteiger partial charge >= 0.3 is 0 Å². The van der Waals surface area contributed by atoms with Crippen molar-refractivity contribution in [2.24, 2.45) is 0 Å². The lowest BCUT2D eigenvalue weighted by Gasteiger charge is -2.36. The Bertz CT molecular complexity index is 390. The summed E-state index contributed by atoms with van der Waals surface area (Å²) in [5.41, 5.74) is 0.883. The molecule has 0 saturated heterocycles. The van der Waals surface area contributed by atoms with Crippen molar-refractivity contribution in [3.8, 4) is 0 Å². The zero-order valence-corrected chi connectivity index (χ0v) is 12.4. The van der Waals surface area contributed by atoms with E-state index in [1.807, 2.05) is 12.1 Å². The van der Waals surface area contributed by atoms with Gasteiger partial charge in [0.05, 0.1) is 0 Å². The van der Waals surface area contributed by atoms with Gasteiger partial charge in [0, 0.05) is 19.3 Å². The Balaban J connectivity index is 1.53. The van der Waals surface area contributed by atoms with Crippen LogP contribution in [0.25, 0.3) is 0 Å². The molecule has 0 amide bonds. The third kappa shape index (κ3) is 4.57. The highest BCUT2D eigenvalue weighted by Gasteiger charge is 2.31. The van der Waals surface area contributed by atoms with Crippen LogP contribution in [0, 0.1) is 5.82 Å². The van der Waals surface area contributed by atoms with Crippen molar-refractivity contribution < 1.29 is 9.13 Å². The van der Waals surface area contributed by atoms with Gasteiger partial charge in [0.15, 0.2) is 0 Å². The smallest absolute Gasteiger partial charge is 0.126 e. The van der Waals surface area contributed by atoms with E-state index in [1.165, 1.54) is 6.42 Å². The first-order valence-electron chi connectivity index (χ1n) is 7.86. The summed E-state index contributed by atoms with van der Waals surface area (Å²) in [5.74, 6) is 0.342. The molecule has 1 aliphatic carbocycles.